The Morgan fingerprint density at radius 1 is 1.40 bits per heavy atom. The number of halogens is 1. The molecule has 2 unspecified atom stereocenters. The summed E-state index contributed by atoms with van der Waals surface area (Å²) in [5, 5.41) is 0. The van der Waals surface area contributed by atoms with Crippen LogP contribution < -0.4 is 0 Å². The second-order valence-electron chi connectivity index (χ2n) is 6.07. The molecule has 0 bridgehead atoms. The molecule has 1 saturated heterocycles. The van der Waals surface area contributed by atoms with E-state index in [0.29, 0.717) is 0 Å². The first kappa shape index (κ1) is 14.1. The molecule has 3 rings (SSSR count). The molecule has 1 aliphatic heterocycles. The molecule has 4 heteroatoms. The van der Waals surface area contributed by atoms with Crippen molar-refractivity contribution in [1.29, 1.82) is 0 Å². The minimum absolute atomic E-state index is 0.118. The van der Waals surface area contributed by atoms with Gasteiger partial charge in [0.2, 0.25) is 0 Å². The number of aryl methyl sites for hydroxylation is 1. The molecule has 1 heterocycles. The number of rotatable bonds is 2. The Hall–Kier alpha value is -0.870. The average molecular weight is 339 g/mol. The number of methoxy groups -OCH3 is 1. The van der Waals surface area contributed by atoms with Gasteiger partial charge in [0.1, 0.15) is 5.60 Å². The summed E-state index contributed by atoms with van der Waals surface area (Å²) in [5.74, 6) is -0.111. The Kier molecular flexibility index (Phi) is 3.22. The number of epoxide rings is 1. The van der Waals surface area contributed by atoms with Crippen LogP contribution in [0.5, 0.6) is 0 Å². The summed E-state index contributed by atoms with van der Waals surface area (Å²) in [6.07, 6.45) is 2.62. The number of carbonyl (C=O) groups is 1. The van der Waals surface area contributed by atoms with Gasteiger partial charge in [-0.05, 0) is 42.0 Å². The van der Waals surface area contributed by atoms with Crippen molar-refractivity contribution in [2.24, 2.45) is 5.92 Å². The second-order valence-corrected chi connectivity index (χ2v) is 6.98. The Bertz CT molecular complexity index is 569. The third-order valence-electron chi connectivity index (χ3n) is 4.74. The van der Waals surface area contributed by atoms with Crippen molar-refractivity contribution in [3.8, 4) is 0 Å². The lowest BCUT2D eigenvalue weighted by molar-refractivity contribution is -0.148. The molecule has 1 aromatic rings. The van der Waals surface area contributed by atoms with Gasteiger partial charge in [-0.1, -0.05) is 35.8 Å². The standard InChI is InChI=1S/C16H19BrO3/c1-10(2)16(14(18)19-3)15(20-16)7-6-11-8-13(17)5-4-12(11)9-15/h4-5,8,10H,6-7,9H2,1-3H3. The van der Waals surface area contributed by atoms with E-state index >= 15 is 0 Å². The SMILES string of the molecule is COC(=O)C1(C(C)C)OC12CCc1cc(Br)ccc1C2. The van der Waals surface area contributed by atoms with E-state index in [0.717, 1.165) is 23.7 Å². The van der Waals surface area contributed by atoms with Crippen LogP contribution in [0.3, 0.4) is 0 Å². The van der Waals surface area contributed by atoms with Crippen molar-refractivity contribution in [1.82, 2.24) is 0 Å². The zero-order valence-electron chi connectivity index (χ0n) is 12.0. The van der Waals surface area contributed by atoms with Gasteiger partial charge in [-0.3, -0.25) is 0 Å². The fourth-order valence-corrected chi connectivity index (χ4v) is 4.09. The number of benzene rings is 1. The molecule has 2 aliphatic rings. The molecule has 1 aliphatic carbocycles. The number of ether oxygens (including phenoxy) is 2. The zero-order chi connectivity index (χ0) is 14.5. The van der Waals surface area contributed by atoms with Crippen molar-refractivity contribution >= 4 is 21.9 Å². The average Bonchev–Trinajstić information content (AvgIpc) is 3.08. The van der Waals surface area contributed by atoms with E-state index in [4.69, 9.17) is 9.47 Å². The highest BCUT2D eigenvalue weighted by Gasteiger charge is 2.76. The normalized spacial score (nSPS) is 31.2. The van der Waals surface area contributed by atoms with Gasteiger partial charge in [-0.2, -0.15) is 0 Å². The van der Waals surface area contributed by atoms with E-state index in [1.54, 1.807) is 0 Å². The first-order valence-electron chi connectivity index (χ1n) is 7.01. The lowest BCUT2D eigenvalue weighted by atomic mass is 9.73. The van der Waals surface area contributed by atoms with Crippen LogP contribution in [0, 0.1) is 5.92 Å². The molecule has 20 heavy (non-hydrogen) atoms. The lowest BCUT2D eigenvalue weighted by Crippen LogP contribution is -2.42. The van der Waals surface area contributed by atoms with Crippen LogP contribution in [0.15, 0.2) is 22.7 Å². The number of hydrogen-bond donors (Lipinski definition) is 0. The molecule has 0 N–H and O–H groups in total. The zero-order valence-corrected chi connectivity index (χ0v) is 13.6. The molecule has 108 valence electrons. The van der Waals surface area contributed by atoms with Crippen LogP contribution in [0.1, 0.15) is 31.4 Å². The van der Waals surface area contributed by atoms with Gasteiger partial charge in [0.25, 0.3) is 0 Å². The van der Waals surface area contributed by atoms with E-state index < -0.39 is 5.60 Å². The number of esters is 1. The summed E-state index contributed by atoms with van der Waals surface area (Å²) in [6.45, 7) is 4.06. The van der Waals surface area contributed by atoms with Crippen molar-refractivity contribution < 1.29 is 14.3 Å². The molecule has 0 saturated carbocycles. The minimum atomic E-state index is -0.757. The summed E-state index contributed by atoms with van der Waals surface area (Å²) in [6, 6.07) is 6.35. The van der Waals surface area contributed by atoms with Crippen LogP contribution in [-0.4, -0.2) is 24.3 Å². The largest absolute Gasteiger partial charge is 0.467 e. The van der Waals surface area contributed by atoms with Crippen molar-refractivity contribution in [3.05, 3.63) is 33.8 Å². The molecular formula is C16H19BrO3. The first-order chi connectivity index (χ1) is 9.45. The molecule has 0 aromatic heterocycles. The fraction of sp³-hybridized carbons (Fsp3) is 0.562. The smallest absolute Gasteiger partial charge is 0.341 e. The Balaban J connectivity index is 1.94. The fourth-order valence-electron chi connectivity index (χ4n) is 3.68. The predicted molar refractivity (Wildman–Crippen MR) is 79.6 cm³/mol. The van der Waals surface area contributed by atoms with Gasteiger partial charge in [-0.25, -0.2) is 4.79 Å². The maximum Gasteiger partial charge on any atom is 0.341 e. The third kappa shape index (κ3) is 1.77. The van der Waals surface area contributed by atoms with Crippen LogP contribution in [0.2, 0.25) is 0 Å². The number of fused-ring (bicyclic) bond motifs is 1. The van der Waals surface area contributed by atoms with Gasteiger partial charge >= 0.3 is 5.97 Å². The molecular weight excluding hydrogens is 320 g/mol. The van der Waals surface area contributed by atoms with E-state index in [1.165, 1.54) is 18.2 Å². The maximum atomic E-state index is 12.2. The van der Waals surface area contributed by atoms with E-state index in [1.807, 2.05) is 13.8 Å². The highest BCUT2D eigenvalue weighted by Crippen LogP contribution is 2.59. The summed E-state index contributed by atoms with van der Waals surface area (Å²) in [5.41, 5.74) is 1.51. The van der Waals surface area contributed by atoms with Gasteiger partial charge < -0.3 is 9.47 Å². The van der Waals surface area contributed by atoms with Crippen LogP contribution in [0.4, 0.5) is 0 Å². The van der Waals surface area contributed by atoms with E-state index in [9.17, 15) is 4.79 Å². The quantitative estimate of drug-likeness (QED) is 0.613. The second kappa shape index (κ2) is 4.57. The topological polar surface area (TPSA) is 38.8 Å². The number of carbonyl (C=O) groups excluding carboxylic acids is 1. The van der Waals surface area contributed by atoms with Crippen molar-refractivity contribution in [3.63, 3.8) is 0 Å². The van der Waals surface area contributed by atoms with Crippen LogP contribution in [0.25, 0.3) is 0 Å². The monoisotopic (exact) mass is 338 g/mol. The van der Waals surface area contributed by atoms with Gasteiger partial charge in [-0.15, -0.1) is 0 Å². The number of hydrogen-bond acceptors (Lipinski definition) is 3. The Morgan fingerprint density at radius 3 is 2.80 bits per heavy atom. The van der Waals surface area contributed by atoms with Gasteiger partial charge in [0.05, 0.1) is 7.11 Å². The lowest BCUT2D eigenvalue weighted by Gasteiger charge is -2.26. The third-order valence-corrected chi connectivity index (χ3v) is 5.23. The first-order valence-corrected chi connectivity index (χ1v) is 7.80. The highest BCUT2D eigenvalue weighted by atomic mass is 79.9. The Morgan fingerprint density at radius 2 is 2.15 bits per heavy atom. The molecule has 2 atom stereocenters. The summed E-state index contributed by atoms with van der Waals surface area (Å²) < 4.78 is 12.2. The minimum Gasteiger partial charge on any atom is -0.467 e. The molecule has 0 radical (unpaired) electrons. The van der Waals surface area contributed by atoms with Crippen molar-refractivity contribution in [2.75, 3.05) is 7.11 Å². The summed E-state index contributed by atoms with van der Waals surface area (Å²) >= 11 is 3.51. The van der Waals surface area contributed by atoms with Crippen molar-refractivity contribution in [2.45, 2.75) is 44.3 Å². The molecule has 1 spiro atoms. The molecule has 1 fully saturated rings. The van der Waals surface area contributed by atoms with E-state index in [2.05, 4.69) is 34.1 Å². The van der Waals surface area contributed by atoms with Gasteiger partial charge in [0.15, 0.2) is 5.60 Å². The summed E-state index contributed by atoms with van der Waals surface area (Å²) in [7, 11) is 1.44. The molecule has 0 amide bonds. The van der Waals surface area contributed by atoms with Crippen LogP contribution in [-0.2, 0) is 27.1 Å². The van der Waals surface area contributed by atoms with E-state index in [-0.39, 0.29) is 17.5 Å². The molecule has 3 nitrogen and oxygen atoms in total. The predicted octanol–water partition coefficient (Wildman–Crippen LogP) is 3.27. The molecule has 1 aromatic carbocycles. The van der Waals surface area contributed by atoms with Crippen LogP contribution >= 0.6 is 15.9 Å². The highest BCUT2D eigenvalue weighted by molar-refractivity contribution is 9.10. The maximum absolute atomic E-state index is 12.2. The summed E-state index contributed by atoms with van der Waals surface area (Å²) in [4.78, 5) is 12.2. The van der Waals surface area contributed by atoms with Gasteiger partial charge in [0, 0.05) is 10.9 Å². The Labute approximate surface area is 127 Å².